The van der Waals surface area contributed by atoms with Crippen LogP contribution in [0.2, 0.25) is 0 Å². The molecule has 0 fully saturated rings. The first-order chi connectivity index (χ1) is 11.6. The number of aryl methyl sites for hydroxylation is 2. The van der Waals surface area contributed by atoms with Gasteiger partial charge >= 0.3 is 0 Å². The van der Waals surface area contributed by atoms with Gasteiger partial charge in [0.1, 0.15) is 5.82 Å². The van der Waals surface area contributed by atoms with Crippen molar-refractivity contribution in [1.29, 1.82) is 0 Å². The molecule has 0 aliphatic rings. The number of rotatable bonds is 3. The summed E-state index contributed by atoms with van der Waals surface area (Å²) in [4.78, 5) is 0. The Kier molecular flexibility index (Phi) is 29.0. The molecule has 1 heteroatoms. The SMILES string of the molecule is C=C(C)C(C)C.CC.CC.CCCC(C)C.Cc1ccc(F)c(C)c1. The van der Waals surface area contributed by atoms with Crippen LogP contribution in [0.3, 0.4) is 0 Å². The molecule has 0 aliphatic heterocycles. The van der Waals surface area contributed by atoms with Crippen LogP contribution in [0.15, 0.2) is 30.4 Å². The number of benzene rings is 1. The predicted molar refractivity (Wildman–Crippen MR) is 118 cm³/mol. The molecule has 0 aliphatic carbocycles. The summed E-state index contributed by atoms with van der Waals surface area (Å²) < 4.78 is 12.5. The van der Waals surface area contributed by atoms with E-state index in [1.165, 1.54) is 24.5 Å². The summed E-state index contributed by atoms with van der Waals surface area (Å²) in [6.07, 6.45) is 2.71. The summed E-state index contributed by atoms with van der Waals surface area (Å²) >= 11 is 0. The quantitative estimate of drug-likeness (QED) is 0.474. The molecule has 0 spiro atoms. The lowest BCUT2D eigenvalue weighted by atomic mass is 10.1. The molecule has 1 aromatic carbocycles. The van der Waals surface area contributed by atoms with Gasteiger partial charge in [0, 0.05) is 0 Å². The van der Waals surface area contributed by atoms with Crippen molar-refractivity contribution in [3.8, 4) is 0 Å². The maximum Gasteiger partial charge on any atom is 0.126 e. The Balaban J connectivity index is -0.000000123. The summed E-state index contributed by atoms with van der Waals surface area (Å²) in [6, 6.07) is 5.09. The van der Waals surface area contributed by atoms with Gasteiger partial charge in [-0.15, -0.1) is 0 Å². The third-order valence-corrected chi connectivity index (χ3v) is 3.17. The Morgan fingerprint density at radius 3 is 1.56 bits per heavy atom. The van der Waals surface area contributed by atoms with Crippen LogP contribution in [0, 0.1) is 31.5 Å². The van der Waals surface area contributed by atoms with Crippen molar-refractivity contribution in [3.05, 3.63) is 47.3 Å². The van der Waals surface area contributed by atoms with Crippen molar-refractivity contribution < 1.29 is 4.39 Å². The molecule has 0 saturated heterocycles. The molecule has 0 atom stereocenters. The van der Waals surface area contributed by atoms with Gasteiger partial charge in [-0.25, -0.2) is 4.39 Å². The summed E-state index contributed by atoms with van der Waals surface area (Å²) in [5.74, 6) is 1.43. The second-order valence-electron chi connectivity index (χ2n) is 6.44. The molecule has 1 rings (SSSR count). The highest BCUT2D eigenvalue weighted by Gasteiger charge is 1.93. The Hall–Kier alpha value is -1.11. The monoisotopic (exact) mass is 354 g/mol. The van der Waals surface area contributed by atoms with Crippen LogP contribution in [0.25, 0.3) is 0 Å². The molecule has 0 saturated carbocycles. The number of hydrogen-bond acceptors (Lipinski definition) is 0. The highest BCUT2D eigenvalue weighted by molar-refractivity contribution is 5.22. The fraction of sp³-hybridized carbons (Fsp3) is 0.667. The lowest BCUT2D eigenvalue weighted by molar-refractivity contribution is 0.576. The molecule has 1 aromatic rings. The van der Waals surface area contributed by atoms with Crippen LogP contribution in [0.1, 0.15) is 93.2 Å². The third kappa shape index (κ3) is 28.0. The molecular formula is C24H47F. The largest absolute Gasteiger partial charge is 0.207 e. The van der Waals surface area contributed by atoms with Crippen molar-refractivity contribution in [3.63, 3.8) is 0 Å². The van der Waals surface area contributed by atoms with Crippen molar-refractivity contribution in [2.45, 2.75) is 95.9 Å². The van der Waals surface area contributed by atoms with Gasteiger partial charge in [0.2, 0.25) is 0 Å². The highest BCUT2D eigenvalue weighted by Crippen LogP contribution is 2.07. The molecular weight excluding hydrogens is 307 g/mol. The van der Waals surface area contributed by atoms with Gasteiger partial charge in [0.25, 0.3) is 0 Å². The minimum atomic E-state index is -0.124. The maximum absolute atomic E-state index is 12.5. The van der Waals surface area contributed by atoms with Gasteiger partial charge in [0.05, 0.1) is 0 Å². The molecule has 25 heavy (non-hydrogen) atoms. The summed E-state index contributed by atoms with van der Waals surface area (Å²) in [7, 11) is 0. The van der Waals surface area contributed by atoms with Crippen LogP contribution < -0.4 is 0 Å². The molecule has 0 amide bonds. The first-order valence-corrected chi connectivity index (χ1v) is 9.99. The lowest BCUT2D eigenvalue weighted by Crippen LogP contribution is -1.83. The van der Waals surface area contributed by atoms with E-state index in [-0.39, 0.29) is 5.82 Å². The van der Waals surface area contributed by atoms with Crippen molar-refractivity contribution in [2.75, 3.05) is 0 Å². The van der Waals surface area contributed by atoms with Crippen molar-refractivity contribution in [1.82, 2.24) is 0 Å². The topological polar surface area (TPSA) is 0 Å². The molecule has 0 unspecified atom stereocenters. The zero-order valence-electron chi connectivity index (χ0n) is 19.4. The standard InChI is InChI=1S/C8H9F.C6H12.C6H14.2C2H6/c1-6-3-4-8(9)7(2)5-6;1-5(2)6(3)4;1-4-5-6(2)3;2*1-2/h3-5H,1-2H3;6H,1H2,2-4H3;6H,4-5H2,1-3H3;2*1-2H3. The number of halogens is 1. The van der Waals surface area contributed by atoms with Gasteiger partial charge in [-0.05, 0) is 44.2 Å². The molecule has 150 valence electrons. The predicted octanol–water partition coefficient (Wildman–Crippen LogP) is 9.16. The summed E-state index contributed by atoms with van der Waals surface area (Å²) in [6.45, 7) is 28.5. The Bertz CT molecular complexity index is 389. The van der Waals surface area contributed by atoms with Crippen molar-refractivity contribution >= 4 is 0 Å². The van der Waals surface area contributed by atoms with E-state index < -0.39 is 0 Å². The average molecular weight is 355 g/mol. The smallest absolute Gasteiger partial charge is 0.126 e. The van der Waals surface area contributed by atoms with Gasteiger partial charge in [-0.3, -0.25) is 0 Å². The lowest BCUT2D eigenvalue weighted by Gasteiger charge is -1.97. The Morgan fingerprint density at radius 2 is 1.40 bits per heavy atom. The van der Waals surface area contributed by atoms with E-state index in [1.807, 2.05) is 47.6 Å². The molecule has 0 radical (unpaired) electrons. The van der Waals surface area contributed by atoms with Crippen LogP contribution >= 0.6 is 0 Å². The number of hydrogen-bond donors (Lipinski definition) is 0. The average Bonchev–Trinajstić information content (AvgIpc) is 2.56. The Labute approximate surface area is 159 Å². The fourth-order valence-corrected chi connectivity index (χ4v) is 1.37. The Morgan fingerprint density at radius 1 is 1.00 bits per heavy atom. The van der Waals surface area contributed by atoms with Crippen LogP contribution in [0.4, 0.5) is 4.39 Å². The molecule has 0 bridgehead atoms. The summed E-state index contributed by atoms with van der Waals surface area (Å²) in [5.41, 5.74) is 3.08. The van der Waals surface area contributed by atoms with E-state index in [9.17, 15) is 4.39 Å². The summed E-state index contributed by atoms with van der Waals surface area (Å²) in [5, 5.41) is 0. The van der Waals surface area contributed by atoms with Gasteiger partial charge in [-0.1, -0.05) is 105 Å². The van der Waals surface area contributed by atoms with E-state index in [0.29, 0.717) is 5.92 Å². The van der Waals surface area contributed by atoms with Crippen LogP contribution in [-0.4, -0.2) is 0 Å². The molecule has 0 heterocycles. The zero-order chi connectivity index (χ0) is 21.0. The number of allylic oxidation sites excluding steroid dienone is 1. The first-order valence-electron chi connectivity index (χ1n) is 9.99. The second-order valence-corrected chi connectivity index (χ2v) is 6.44. The van der Waals surface area contributed by atoms with E-state index in [4.69, 9.17) is 0 Å². The van der Waals surface area contributed by atoms with E-state index in [1.54, 1.807) is 13.0 Å². The molecule has 0 N–H and O–H groups in total. The van der Waals surface area contributed by atoms with Crippen LogP contribution in [0.5, 0.6) is 0 Å². The van der Waals surface area contributed by atoms with Gasteiger partial charge in [-0.2, -0.15) is 0 Å². The van der Waals surface area contributed by atoms with E-state index in [2.05, 4.69) is 41.2 Å². The van der Waals surface area contributed by atoms with Gasteiger partial charge < -0.3 is 0 Å². The van der Waals surface area contributed by atoms with E-state index >= 15 is 0 Å². The zero-order valence-corrected chi connectivity index (χ0v) is 19.4. The molecule has 0 nitrogen and oxygen atoms in total. The molecule has 0 aromatic heterocycles. The van der Waals surface area contributed by atoms with Crippen LogP contribution in [-0.2, 0) is 0 Å². The highest BCUT2D eigenvalue weighted by atomic mass is 19.1. The minimum Gasteiger partial charge on any atom is -0.207 e. The van der Waals surface area contributed by atoms with E-state index in [0.717, 1.165) is 17.0 Å². The first kappa shape index (κ1) is 31.6. The third-order valence-electron chi connectivity index (χ3n) is 3.17. The second kappa shape index (κ2) is 22.9. The fourth-order valence-electron chi connectivity index (χ4n) is 1.37. The van der Waals surface area contributed by atoms with Gasteiger partial charge in [0.15, 0.2) is 0 Å². The maximum atomic E-state index is 12.5. The minimum absolute atomic E-state index is 0.124. The normalized spacial score (nSPS) is 8.60. The van der Waals surface area contributed by atoms with Crippen molar-refractivity contribution in [2.24, 2.45) is 11.8 Å².